The smallest absolute Gasteiger partial charge is 0.307 e. The van der Waals surface area contributed by atoms with Gasteiger partial charge < -0.3 is 14.5 Å². The average molecular weight is 319 g/mol. The van der Waals surface area contributed by atoms with E-state index in [1.165, 1.54) is 0 Å². The van der Waals surface area contributed by atoms with Gasteiger partial charge >= 0.3 is 5.97 Å². The summed E-state index contributed by atoms with van der Waals surface area (Å²) in [6.07, 6.45) is 6.26. The van der Waals surface area contributed by atoms with Crippen molar-refractivity contribution in [2.45, 2.75) is 38.5 Å². The monoisotopic (exact) mass is 319 g/mol. The molecule has 0 radical (unpaired) electrons. The predicted molar refractivity (Wildman–Crippen MR) is 80.6 cm³/mol. The van der Waals surface area contributed by atoms with Gasteiger partial charge in [0.15, 0.2) is 5.82 Å². The highest BCUT2D eigenvalue weighted by Crippen LogP contribution is 2.31. The van der Waals surface area contributed by atoms with Crippen LogP contribution in [-0.4, -0.2) is 45.1 Å². The van der Waals surface area contributed by atoms with Crippen LogP contribution in [0, 0.1) is 18.8 Å². The number of carboxylic acids is 1. The number of carbonyl (C=O) groups excluding carboxylic acids is 1. The molecule has 0 saturated carbocycles. The molecule has 1 N–H and O–H groups in total. The van der Waals surface area contributed by atoms with Crippen molar-refractivity contribution in [1.29, 1.82) is 0 Å². The Hall–Kier alpha value is -2.18. The summed E-state index contributed by atoms with van der Waals surface area (Å²) < 4.78 is 5.21. The predicted octanol–water partition coefficient (Wildman–Crippen LogP) is 1.75. The minimum atomic E-state index is -0.885. The SMILES string of the molecule is Cc1noc(C2CCN(C(=O)[C@H]3CC=CC[C@H]3C(=O)O)CC2)n1. The summed E-state index contributed by atoms with van der Waals surface area (Å²) in [4.78, 5) is 30.1. The summed E-state index contributed by atoms with van der Waals surface area (Å²) in [5.41, 5.74) is 0. The van der Waals surface area contributed by atoms with Crippen molar-refractivity contribution in [3.8, 4) is 0 Å². The van der Waals surface area contributed by atoms with Crippen molar-refractivity contribution in [1.82, 2.24) is 15.0 Å². The summed E-state index contributed by atoms with van der Waals surface area (Å²) >= 11 is 0. The third-order valence-electron chi connectivity index (χ3n) is 4.77. The minimum Gasteiger partial charge on any atom is -0.481 e. The van der Waals surface area contributed by atoms with Gasteiger partial charge in [-0.15, -0.1) is 0 Å². The Bertz CT molecular complexity index is 617. The van der Waals surface area contributed by atoms with Crippen LogP contribution >= 0.6 is 0 Å². The summed E-state index contributed by atoms with van der Waals surface area (Å²) in [7, 11) is 0. The molecule has 0 bridgehead atoms. The first-order valence-corrected chi connectivity index (χ1v) is 8.03. The quantitative estimate of drug-likeness (QED) is 0.853. The first-order valence-electron chi connectivity index (χ1n) is 8.03. The molecule has 1 amide bonds. The van der Waals surface area contributed by atoms with E-state index in [4.69, 9.17) is 4.52 Å². The van der Waals surface area contributed by atoms with Gasteiger partial charge in [-0.3, -0.25) is 9.59 Å². The summed E-state index contributed by atoms with van der Waals surface area (Å²) in [6, 6.07) is 0. The number of aliphatic carboxylic acids is 1. The number of nitrogens with zero attached hydrogens (tertiary/aromatic N) is 3. The largest absolute Gasteiger partial charge is 0.481 e. The molecule has 1 saturated heterocycles. The lowest BCUT2D eigenvalue weighted by molar-refractivity contribution is -0.151. The zero-order valence-electron chi connectivity index (χ0n) is 13.1. The van der Waals surface area contributed by atoms with Gasteiger partial charge in [0.1, 0.15) is 0 Å². The molecule has 1 fully saturated rings. The Balaban J connectivity index is 1.61. The Labute approximate surface area is 134 Å². The van der Waals surface area contributed by atoms with Gasteiger partial charge in [0.25, 0.3) is 0 Å². The third-order valence-corrected chi connectivity index (χ3v) is 4.77. The molecular formula is C16H21N3O4. The summed E-state index contributed by atoms with van der Waals surface area (Å²) in [6.45, 7) is 3.00. The molecule has 23 heavy (non-hydrogen) atoms. The highest BCUT2D eigenvalue weighted by molar-refractivity contribution is 5.85. The highest BCUT2D eigenvalue weighted by Gasteiger charge is 2.37. The van der Waals surface area contributed by atoms with Crippen LogP contribution in [-0.2, 0) is 9.59 Å². The fourth-order valence-corrected chi connectivity index (χ4v) is 3.42. The van der Waals surface area contributed by atoms with Crippen molar-refractivity contribution < 1.29 is 19.2 Å². The molecule has 2 heterocycles. The number of likely N-dealkylation sites (tertiary alicyclic amines) is 1. The molecule has 0 unspecified atom stereocenters. The number of amides is 1. The van der Waals surface area contributed by atoms with Gasteiger partial charge in [0, 0.05) is 19.0 Å². The summed E-state index contributed by atoms with van der Waals surface area (Å²) in [5, 5.41) is 13.1. The Morgan fingerprint density at radius 2 is 1.87 bits per heavy atom. The molecular weight excluding hydrogens is 298 g/mol. The van der Waals surface area contributed by atoms with E-state index >= 15 is 0 Å². The van der Waals surface area contributed by atoms with Crippen molar-refractivity contribution in [2.24, 2.45) is 11.8 Å². The van der Waals surface area contributed by atoms with Crippen LogP contribution in [0.4, 0.5) is 0 Å². The van der Waals surface area contributed by atoms with E-state index < -0.39 is 17.8 Å². The van der Waals surface area contributed by atoms with Crippen LogP contribution in [0.3, 0.4) is 0 Å². The molecule has 0 aromatic carbocycles. The van der Waals surface area contributed by atoms with Gasteiger partial charge in [-0.1, -0.05) is 17.3 Å². The Kier molecular flexibility index (Phi) is 4.45. The van der Waals surface area contributed by atoms with Gasteiger partial charge in [-0.25, -0.2) is 0 Å². The molecule has 124 valence electrons. The lowest BCUT2D eigenvalue weighted by Crippen LogP contribution is -2.45. The first kappa shape index (κ1) is 15.7. The van der Waals surface area contributed by atoms with E-state index in [1.54, 1.807) is 11.8 Å². The van der Waals surface area contributed by atoms with Crippen LogP contribution in [0.1, 0.15) is 43.3 Å². The lowest BCUT2D eigenvalue weighted by Gasteiger charge is -2.35. The molecule has 1 aliphatic carbocycles. The Morgan fingerprint density at radius 3 is 2.43 bits per heavy atom. The van der Waals surface area contributed by atoms with Crippen molar-refractivity contribution in [3.63, 3.8) is 0 Å². The standard InChI is InChI=1S/C16H21N3O4/c1-10-17-14(23-18-10)11-6-8-19(9-7-11)15(20)12-4-2-3-5-13(12)16(21)22/h2-3,11-13H,4-9H2,1H3,(H,21,22)/t12-,13+/m0/s1. The third kappa shape index (κ3) is 3.28. The molecule has 7 heteroatoms. The minimum absolute atomic E-state index is 0.0399. The number of carbonyl (C=O) groups is 2. The molecule has 1 aromatic rings. The maximum Gasteiger partial charge on any atom is 0.307 e. The molecule has 2 aliphatic rings. The number of rotatable bonds is 3. The number of aromatic nitrogens is 2. The first-order chi connectivity index (χ1) is 11.1. The molecule has 2 atom stereocenters. The number of hydrogen-bond donors (Lipinski definition) is 1. The second-order valence-corrected chi connectivity index (χ2v) is 6.27. The van der Waals surface area contributed by atoms with Gasteiger partial charge in [-0.05, 0) is 32.6 Å². The second kappa shape index (κ2) is 6.52. The Morgan fingerprint density at radius 1 is 1.22 bits per heavy atom. The maximum absolute atomic E-state index is 12.7. The van der Waals surface area contributed by atoms with Crippen molar-refractivity contribution >= 4 is 11.9 Å². The molecule has 3 rings (SSSR count). The highest BCUT2D eigenvalue weighted by atomic mass is 16.5. The van der Waals surface area contributed by atoms with E-state index in [0.29, 0.717) is 37.6 Å². The van der Waals surface area contributed by atoms with Gasteiger partial charge in [0.05, 0.1) is 11.8 Å². The fraction of sp³-hybridized carbons (Fsp3) is 0.625. The van der Waals surface area contributed by atoms with Crippen molar-refractivity contribution in [3.05, 3.63) is 23.9 Å². The van der Waals surface area contributed by atoms with E-state index in [1.807, 2.05) is 12.2 Å². The number of carboxylic acid groups (broad SMARTS) is 1. The van der Waals surface area contributed by atoms with Crippen LogP contribution in [0.25, 0.3) is 0 Å². The number of aryl methyl sites for hydroxylation is 1. The second-order valence-electron chi connectivity index (χ2n) is 6.27. The van der Waals surface area contributed by atoms with E-state index in [0.717, 1.165) is 12.8 Å². The topological polar surface area (TPSA) is 96.5 Å². The zero-order chi connectivity index (χ0) is 16.4. The maximum atomic E-state index is 12.7. The molecule has 1 aromatic heterocycles. The van der Waals surface area contributed by atoms with Crippen LogP contribution in [0.2, 0.25) is 0 Å². The molecule has 1 aliphatic heterocycles. The number of hydrogen-bond acceptors (Lipinski definition) is 5. The lowest BCUT2D eigenvalue weighted by atomic mass is 9.81. The number of allylic oxidation sites excluding steroid dienone is 2. The van der Waals surface area contributed by atoms with Crippen LogP contribution in [0.5, 0.6) is 0 Å². The molecule has 0 spiro atoms. The van der Waals surface area contributed by atoms with Gasteiger partial charge in [0.2, 0.25) is 11.8 Å². The number of piperidine rings is 1. The van der Waals surface area contributed by atoms with Crippen LogP contribution < -0.4 is 0 Å². The van der Waals surface area contributed by atoms with E-state index in [2.05, 4.69) is 10.1 Å². The average Bonchev–Trinajstić information content (AvgIpc) is 3.01. The van der Waals surface area contributed by atoms with Crippen LogP contribution in [0.15, 0.2) is 16.7 Å². The van der Waals surface area contributed by atoms with Gasteiger partial charge in [-0.2, -0.15) is 4.98 Å². The normalized spacial score (nSPS) is 25.5. The molecule has 7 nitrogen and oxygen atoms in total. The fourth-order valence-electron chi connectivity index (χ4n) is 3.42. The summed E-state index contributed by atoms with van der Waals surface area (Å²) in [5.74, 6) is -0.536. The van der Waals surface area contributed by atoms with Crippen molar-refractivity contribution in [2.75, 3.05) is 13.1 Å². The zero-order valence-corrected chi connectivity index (χ0v) is 13.1. The van der Waals surface area contributed by atoms with E-state index in [-0.39, 0.29) is 11.8 Å². The van der Waals surface area contributed by atoms with E-state index in [9.17, 15) is 14.7 Å².